The van der Waals surface area contributed by atoms with Gasteiger partial charge in [0.15, 0.2) is 5.65 Å². The van der Waals surface area contributed by atoms with Gasteiger partial charge in [-0.25, -0.2) is 9.67 Å². The van der Waals surface area contributed by atoms with Gasteiger partial charge in [0, 0.05) is 0 Å². The van der Waals surface area contributed by atoms with Crippen molar-refractivity contribution in [3.63, 3.8) is 0 Å². The van der Waals surface area contributed by atoms with Crippen molar-refractivity contribution in [1.82, 2.24) is 19.7 Å². The molecule has 1 atom stereocenters. The Balaban J connectivity index is 2.68. The van der Waals surface area contributed by atoms with Gasteiger partial charge in [0.1, 0.15) is 5.82 Å². The van der Waals surface area contributed by atoms with Crippen LogP contribution in [-0.4, -0.2) is 19.7 Å². The molecule has 0 radical (unpaired) electrons. The molecule has 2 rings (SSSR count). The first-order chi connectivity index (χ1) is 7.13. The quantitative estimate of drug-likeness (QED) is 0.794. The standard InChI is InChI=1S/C9H12ClN5/c1-3-5(2)15-8-6(4-12-15)7(11)13-9(10)14-8/h4-5H,3H2,1-2H3,(H2,11,13,14). The van der Waals surface area contributed by atoms with E-state index in [9.17, 15) is 0 Å². The van der Waals surface area contributed by atoms with Crippen LogP contribution in [0.4, 0.5) is 5.82 Å². The van der Waals surface area contributed by atoms with E-state index in [-0.39, 0.29) is 11.3 Å². The first-order valence-electron chi connectivity index (χ1n) is 4.79. The average molecular weight is 226 g/mol. The molecule has 0 bridgehead atoms. The van der Waals surface area contributed by atoms with Crippen LogP contribution < -0.4 is 5.73 Å². The molecule has 2 aromatic heterocycles. The molecule has 0 aliphatic heterocycles. The largest absolute Gasteiger partial charge is 0.383 e. The summed E-state index contributed by atoms with van der Waals surface area (Å²) in [6.45, 7) is 4.16. The topological polar surface area (TPSA) is 69.6 Å². The van der Waals surface area contributed by atoms with Crippen LogP contribution in [0, 0.1) is 0 Å². The van der Waals surface area contributed by atoms with E-state index in [1.807, 2.05) is 4.68 Å². The summed E-state index contributed by atoms with van der Waals surface area (Å²) >= 11 is 5.76. The molecule has 0 aromatic carbocycles. The van der Waals surface area contributed by atoms with E-state index in [1.54, 1.807) is 6.20 Å². The van der Waals surface area contributed by atoms with E-state index in [2.05, 4.69) is 28.9 Å². The van der Waals surface area contributed by atoms with Gasteiger partial charge in [-0.05, 0) is 24.9 Å². The Morgan fingerprint density at radius 1 is 1.53 bits per heavy atom. The molecule has 0 saturated carbocycles. The van der Waals surface area contributed by atoms with Gasteiger partial charge in [-0.3, -0.25) is 0 Å². The van der Waals surface area contributed by atoms with Gasteiger partial charge in [-0.1, -0.05) is 6.92 Å². The molecule has 2 N–H and O–H groups in total. The number of hydrogen-bond donors (Lipinski definition) is 1. The molecule has 0 spiro atoms. The number of nitrogens with two attached hydrogens (primary N) is 1. The molecular formula is C9H12ClN5. The summed E-state index contributed by atoms with van der Waals surface area (Å²) in [4.78, 5) is 8.02. The van der Waals surface area contributed by atoms with Gasteiger partial charge < -0.3 is 5.73 Å². The van der Waals surface area contributed by atoms with E-state index < -0.39 is 0 Å². The van der Waals surface area contributed by atoms with Crippen LogP contribution >= 0.6 is 11.6 Å². The number of hydrogen-bond acceptors (Lipinski definition) is 4. The lowest BCUT2D eigenvalue weighted by Gasteiger charge is -2.09. The molecular weight excluding hydrogens is 214 g/mol. The molecule has 0 aliphatic rings. The van der Waals surface area contributed by atoms with Crippen LogP contribution in [0.1, 0.15) is 26.3 Å². The number of nitrogen functional groups attached to an aromatic ring is 1. The van der Waals surface area contributed by atoms with Crippen LogP contribution in [0.3, 0.4) is 0 Å². The number of nitrogens with zero attached hydrogens (tertiary/aromatic N) is 4. The molecule has 2 heterocycles. The summed E-state index contributed by atoms with van der Waals surface area (Å²) in [5.74, 6) is 0.375. The van der Waals surface area contributed by atoms with Crippen molar-refractivity contribution in [3.05, 3.63) is 11.5 Å². The third-order valence-corrected chi connectivity index (χ3v) is 2.63. The number of fused-ring (bicyclic) bond motifs is 1. The fraction of sp³-hybridized carbons (Fsp3) is 0.444. The second-order valence-electron chi connectivity index (χ2n) is 3.46. The van der Waals surface area contributed by atoms with Crippen molar-refractivity contribution in [2.24, 2.45) is 0 Å². The van der Waals surface area contributed by atoms with E-state index in [0.717, 1.165) is 11.8 Å². The van der Waals surface area contributed by atoms with Gasteiger partial charge >= 0.3 is 0 Å². The molecule has 5 nitrogen and oxygen atoms in total. The maximum atomic E-state index is 5.76. The summed E-state index contributed by atoms with van der Waals surface area (Å²) in [5, 5.41) is 5.15. The lowest BCUT2D eigenvalue weighted by atomic mass is 10.3. The van der Waals surface area contributed by atoms with Crippen molar-refractivity contribution >= 4 is 28.5 Å². The summed E-state index contributed by atoms with van der Waals surface area (Å²) in [6.07, 6.45) is 2.64. The molecule has 80 valence electrons. The van der Waals surface area contributed by atoms with Gasteiger partial charge in [0.2, 0.25) is 5.28 Å². The van der Waals surface area contributed by atoms with Crippen molar-refractivity contribution in [2.75, 3.05) is 5.73 Å². The summed E-state index contributed by atoms with van der Waals surface area (Å²) < 4.78 is 1.82. The fourth-order valence-corrected chi connectivity index (χ4v) is 1.59. The Hall–Kier alpha value is -1.36. The third kappa shape index (κ3) is 1.63. The third-order valence-electron chi connectivity index (χ3n) is 2.46. The van der Waals surface area contributed by atoms with Crippen LogP contribution in [0.15, 0.2) is 6.20 Å². The Morgan fingerprint density at radius 2 is 2.27 bits per heavy atom. The van der Waals surface area contributed by atoms with Crippen LogP contribution in [0.5, 0.6) is 0 Å². The minimum Gasteiger partial charge on any atom is -0.383 e. The lowest BCUT2D eigenvalue weighted by Crippen LogP contribution is -2.07. The van der Waals surface area contributed by atoms with Gasteiger partial charge in [-0.2, -0.15) is 10.1 Å². The Morgan fingerprint density at radius 3 is 2.93 bits per heavy atom. The zero-order valence-corrected chi connectivity index (χ0v) is 9.36. The highest BCUT2D eigenvalue weighted by molar-refractivity contribution is 6.28. The lowest BCUT2D eigenvalue weighted by molar-refractivity contribution is 0.489. The Labute approximate surface area is 92.3 Å². The predicted octanol–water partition coefficient (Wildman–Crippen LogP) is 2.03. The smallest absolute Gasteiger partial charge is 0.226 e. The van der Waals surface area contributed by atoms with Crippen molar-refractivity contribution < 1.29 is 0 Å². The monoisotopic (exact) mass is 225 g/mol. The highest BCUT2D eigenvalue weighted by atomic mass is 35.5. The number of halogens is 1. The van der Waals surface area contributed by atoms with Crippen LogP contribution in [-0.2, 0) is 0 Å². The Bertz CT molecular complexity index is 492. The van der Waals surface area contributed by atoms with Crippen molar-refractivity contribution in [3.8, 4) is 0 Å². The van der Waals surface area contributed by atoms with E-state index in [4.69, 9.17) is 17.3 Å². The molecule has 0 fully saturated rings. The SMILES string of the molecule is CCC(C)n1ncc2c(N)nc(Cl)nc21. The number of rotatable bonds is 2. The van der Waals surface area contributed by atoms with E-state index >= 15 is 0 Å². The molecule has 15 heavy (non-hydrogen) atoms. The fourth-order valence-electron chi connectivity index (χ4n) is 1.42. The number of aromatic nitrogens is 4. The number of anilines is 1. The highest BCUT2D eigenvalue weighted by Gasteiger charge is 2.12. The minimum atomic E-state index is 0.157. The molecule has 0 aliphatic carbocycles. The van der Waals surface area contributed by atoms with Gasteiger partial charge in [0.25, 0.3) is 0 Å². The molecule has 2 aromatic rings. The average Bonchev–Trinajstić information content (AvgIpc) is 2.60. The van der Waals surface area contributed by atoms with Crippen molar-refractivity contribution in [1.29, 1.82) is 0 Å². The molecule has 1 unspecified atom stereocenters. The normalized spacial score (nSPS) is 13.3. The highest BCUT2D eigenvalue weighted by Crippen LogP contribution is 2.22. The summed E-state index contributed by atoms with van der Waals surface area (Å²) in [5.41, 5.74) is 6.42. The first-order valence-corrected chi connectivity index (χ1v) is 5.17. The molecule has 0 saturated heterocycles. The second-order valence-corrected chi connectivity index (χ2v) is 3.80. The summed E-state index contributed by atoms with van der Waals surface area (Å²) in [7, 11) is 0. The maximum Gasteiger partial charge on any atom is 0.226 e. The van der Waals surface area contributed by atoms with Gasteiger partial charge in [0.05, 0.1) is 17.6 Å². The van der Waals surface area contributed by atoms with E-state index in [0.29, 0.717) is 11.5 Å². The second kappa shape index (κ2) is 3.66. The van der Waals surface area contributed by atoms with Crippen LogP contribution in [0.2, 0.25) is 5.28 Å². The van der Waals surface area contributed by atoms with Crippen LogP contribution in [0.25, 0.3) is 11.0 Å². The Kier molecular flexibility index (Phi) is 2.48. The first kappa shape index (κ1) is 10.2. The zero-order chi connectivity index (χ0) is 11.0. The minimum absolute atomic E-state index is 0.157. The summed E-state index contributed by atoms with van der Waals surface area (Å²) in [6, 6.07) is 0.271. The zero-order valence-electron chi connectivity index (χ0n) is 8.61. The maximum absolute atomic E-state index is 5.76. The predicted molar refractivity (Wildman–Crippen MR) is 59.7 cm³/mol. The molecule has 0 amide bonds. The molecule has 6 heteroatoms. The van der Waals surface area contributed by atoms with Crippen molar-refractivity contribution in [2.45, 2.75) is 26.3 Å². The van der Waals surface area contributed by atoms with E-state index in [1.165, 1.54) is 0 Å². The van der Waals surface area contributed by atoms with Gasteiger partial charge in [-0.15, -0.1) is 0 Å².